The summed E-state index contributed by atoms with van der Waals surface area (Å²) in [4.78, 5) is 2.40. The zero-order valence-electron chi connectivity index (χ0n) is 12.4. The van der Waals surface area contributed by atoms with E-state index in [9.17, 15) is 8.42 Å². The lowest BCUT2D eigenvalue weighted by Gasteiger charge is -2.23. The zero-order valence-corrected chi connectivity index (χ0v) is 13.2. The Morgan fingerprint density at radius 3 is 2.67 bits per heavy atom. The molecule has 0 radical (unpaired) electrons. The lowest BCUT2D eigenvalue weighted by Crippen LogP contribution is -2.33. The summed E-state index contributed by atoms with van der Waals surface area (Å²) in [6, 6.07) is 6.84. The van der Waals surface area contributed by atoms with Crippen LogP contribution in [0.3, 0.4) is 0 Å². The van der Waals surface area contributed by atoms with Crippen LogP contribution < -0.4 is 5.73 Å². The highest BCUT2D eigenvalue weighted by atomic mass is 32.2. The average molecular weight is 309 g/mol. The molecule has 0 aromatic heterocycles. The molecule has 0 heterocycles. The molecule has 1 aliphatic carbocycles. The molecule has 3 N–H and O–H groups in total. The minimum absolute atomic E-state index is 0.0986. The first kappa shape index (κ1) is 16.0. The van der Waals surface area contributed by atoms with E-state index in [0.29, 0.717) is 18.2 Å². The first-order chi connectivity index (χ1) is 9.90. The number of sulfone groups is 1. The van der Waals surface area contributed by atoms with E-state index in [2.05, 4.69) is 4.90 Å². The highest BCUT2D eigenvalue weighted by Crippen LogP contribution is 2.22. The molecule has 2 rings (SSSR count). The SMILES string of the molecule is CN(CCS(=O)(=O)c1cccc(C(=N)N)c1)C1CCCC1. The molecule has 1 aromatic carbocycles. The van der Waals surface area contributed by atoms with Crippen molar-refractivity contribution in [1.29, 1.82) is 5.41 Å². The summed E-state index contributed by atoms with van der Waals surface area (Å²) in [5.41, 5.74) is 5.86. The van der Waals surface area contributed by atoms with E-state index in [-0.39, 0.29) is 16.5 Å². The van der Waals surface area contributed by atoms with Gasteiger partial charge < -0.3 is 10.6 Å². The number of nitrogens with two attached hydrogens (primary N) is 1. The second-order valence-corrected chi connectivity index (χ2v) is 7.79. The molecule has 116 valence electrons. The highest BCUT2D eigenvalue weighted by molar-refractivity contribution is 7.91. The normalized spacial score (nSPS) is 16.5. The third kappa shape index (κ3) is 4.04. The number of rotatable bonds is 6. The van der Waals surface area contributed by atoms with Gasteiger partial charge in [-0.05, 0) is 32.0 Å². The minimum atomic E-state index is -3.33. The van der Waals surface area contributed by atoms with Crippen molar-refractivity contribution in [2.75, 3.05) is 19.3 Å². The third-order valence-electron chi connectivity index (χ3n) is 4.16. The van der Waals surface area contributed by atoms with Gasteiger partial charge in [0.15, 0.2) is 9.84 Å². The van der Waals surface area contributed by atoms with Gasteiger partial charge >= 0.3 is 0 Å². The van der Waals surface area contributed by atoms with Gasteiger partial charge in [-0.1, -0.05) is 25.0 Å². The van der Waals surface area contributed by atoms with E-state index in [1.54, 1.807) is 18.2 Å². The van der Waals surface area contributed by atoms with Crippen molar-refractivity contribution >= 4 is 15.7 Å². The van der Waals surface area contributed by atoms with Crippen molar-refractivity contribution in [3.8, 4) is 0 Å². The van der Waals surface area contributed by atoms with Gasteiger partial charge in [-0.3, -0.25) is 5.41 Å². The number of benzene rings is 1. The Balaban J connectivity index is 2.04. The molecular formula is C15H23N3O2S. The number of amidine groups is 1. The van der Waals surface area contributed by atoms with Crippen LogP contribution >= 0.6 is 0 Å². The first-order valence-corrected chi connectivity index (χ1v) is 8.93. The maximum Gasteiger partial charge on any atom is 0.179 e. The van der Waals surface area contributed by atoms with Crippen molar-refractivity contribution in [1.82, 2.24) is 4.90 Å². The second kappa shape index (κ2) is 6.58. The fraction of sp³-hybridized carbons (Fsp3) is 0.533. The van der Waals surface area contributed by atoms with Crippen LogP contribution in [-0.4, -0.2) is 44.5 Å². The maximum absolute atomic E-state index is 12.4. The lowest BCUT2D eigenvalue weighted by atomic mass is 10.2. The van der Waals surface area contributed by atoms with Crippen molar-refractivity contribution < 1.29 is 8.42 Å². The van der Waals surface area contributed by atoms with Crippen LogP contribution in [0, 0.1) is 5.41 Å². The van der Waals surface area contributed by atoms with E-state index in [0.717, 1.165) is 12.8 Å². The number of nitrogens with one attached hydrogen (secondary N) is 1. The number of nitrogen functional groups attached to an aromatic ring is 1. The molecule has 21 heavy (non-hydrogen) atoms. The van der Waals surface area contributed by atoms with E-state index >= 15 is 0 Å². The quantitative estimate of drug-likeness (QED) is 0.617. The van der Waals surface area contributed by atoms with Gasteiger partial charge in [-0.15, -0.1) is 0 Å². The molecule has 0 aliphatic heterocycles. The summed E-state index contributed by atoms with van der Waals surface area (Å²) < 4.78 is 24.8. The van der Waals surface area contributed by atoms with Gasteiger partial charge in [0.1, 0.15) is 5.84 Å². The lowest BCUT2D eigenvalue weighted by molar-refractivity contribution is 0.259. The summed E-state index contributed by atoms with van der Waals surface area (Å²) in [6.45, 7) is 0.539. The van der Waals surface area contributed by atoms with Gasteiger partial charge in [-0.2, -0.15) is 0 Å². The Hall–Kier alpha value is -1.40. The molecule has 1 aromatic rings. The molecule has 0 amide bonds. The second-order valence-electron chi connectivity index (χ2n) is 5.68. The Kier molecular flexibility index (Phi) is 5.00. The van der Waals surface area contributed by atoms with Gasteiger partial charge in [0.25, 0.3) is 0 Å². The van der Waals surface area contributed by atoms with Gasteiger partial charge in [0.2, 0.25) is 0 Å². The maximum atomic E-state index is 12.4. The monoisotopic (exact) mass is 309 g/mol. The number of nitrogens with zero attached hydrogens (tertiary/aromatic N) is 1. The molecule has 0 spiro atoms. The fourth-order valence-electron chi connectivity index (χ4n) is 2.77. The minimum Gasteiger partial charge on any atom is -0.384 e. The van der Waals surface area contributed by atoms with Crippen LogP contribution in [0.2, 0.25) is 0 Å². The molecular weight excluding hydrogens is 286 g/mol. The van der Waals surface area contributed by atoms with E-state index < -0.39 is 9.84 Å². The van der Waals surface area contributed by atoms with Crippen LogP contribution in [-0.2, 0) is 9.84 Å². The number of hydrogen-bond donors (Lipinski definition) is 2. The largest absolute Gasteiger partial charge is 0.384 e. The van der Waals surface area contributed by atoms with Crippen LogP contribution in [0.25, 0.3) is 0 Å². The average Bonchev–Trinajstić information content (AvgIpc) is 2.99. The molecule has 5 nitrogen and oxygen atoms in total. The molecule has 0 bridgehead atoms. The van der Waals surface area contributed by atoms with Crippen molar-refractivity contribution in [3.63, 3.8) is 0 Å². The van der Waals surface area contributed by atoms with Crippen LogP contribution in [0.4, 0.5) is 0 Å². The molecule has 0 saturated heterocycles. The summed E-state index contributed by atoms with van der Waals surface area (Å²) in [7, 11) is -1.34. The molecule has 1 fully saturated rings. The van der Waals surface area contributed by atoms with Gasteiger partial charge in [-0.25, -0.2) is 8.42 Å². The standard InChI is InChI=1S/C15H23N3O2S/c1-18(13-6-2-3-7-13)9-10-21(19,20)14-8-4-5-12(11-14)15(16)17/h4-5,8,11,13H,2-3,6-7,9-10H2,1H3,(H3,16,17). The van der Waals surface area contributed by atoms with E-state index in [1.165, 1.54) is 18.9 Å². The summed E-state index contributed by atoms with van der Waals surface area (Å²) in [6.07, 6.45) is 4.80. The summed E-state index contributed by atoms with van der Waals surface area (Å²) in [5.74, 6) is -0.0171. The van der Waals surface area contributed by atoms with Crippen molar-refractivity contribution in [2.24, 2.45) is 5.73 Å². The Morgan fingerprint density at radius 1 is 1.38 bits per heavy atom. The molecule has 0 unspecified atom stereocenters. The first-order valence-electron chi connectivity index (χ1n) is 7.27. The van der Waals surface area contributed by atoms with Gasteiger partial charge in [0.05, 0.1) is 10.6 Å². The Bertz CT molecular complexity index is 607. The summed E-state index contributed by atoms with van der Waals surface area (Å²) >= 11 is 0. The predicted octanol–water partition coefficient (Wildman–Crippen LogP) is 1.62. The van der Waals surface area contributed by atoms with Crippen molar-refractivity contribution in [3.05, 3.63) is 29.8 Å². The van der Waals surface area contributed by atoms with E-state index in [4.69, 9.17) is 11.1 Å². The van der Waals surface area contributed by atoms with Crippen LogP contribution in [0.15, 0.2) is 29.2 Å². The predicted molar refractivity (Wildman–Crippen MR) is 84.4 cm³/mol. The zero-order chi connectivity index (χ0) is 15.5. The van der Waals surface area contributed by atoms with Crippen molar-refractivity contribution in [2.45, 2.75) is 36.6 Å². The molecule has 1 saturated carbocycles. The Labute approximate surface area is 126 Å². The summed E-state index contributed by atoms with van der Waals surface area (Å²) in [5, 5.41) is 7.39. The smallest absolute Gasteiger partial charge is 0.179 e. The molecule has 0 atom stereocenters. The third-order valence-corrected chi connectivity index (χ3v) is 5.86. The highest BCUT2D eigenvalue weighted by Gasteiger charge is 2.22. The van der Waals surface area contributed by atoms with Crippen LogP contribution in [0.5, 0.6) is 0 Å². The topological polar surface area (TPSA) is 87.2 Å². The molecule has 1 aliphatic rings. The van der Waals surface area contributed by atoms with Crippen LogP contribution in [0.1, 0.15) is 31.2 Å². The Morgan fingerprint density at radius 2 is 2.05 bits per heavy atom. The van der Waals surface area contributed by atoms with E-state index in [1.807, 2.05) is 7.05 Å². The fourth-order valence-corrected chi connectivity index (χ4v) is 4.12. The number of hydrogen-bond acceptors (Lipinski definition) is 4. The molecule has 6 heteroatoms. The van der Waals surface area contributed by atoms with Gasteiger partial charge in [0, 0.05) is 18.2 Å².